The van der Waals surface area contributed by atoms with Gasteiger partial charge in [-0.05, 0) is 24.6 Å². The zero-order valence-electron chi connectivity index (χ0n) is 9.57. The van der Waals surface area contributed by atoms with Crippen LogP contribution in [-0.4, -0.2) is 23.7 Å². The number of benzene rings is 1. The maximum atomic E-state index is 13.3. The smallest absolute Gasteiger partial charge is 0.335 e. The van der Waals surface area contributed by atoms with E-state index in [9.17, 15) is 14.0 Å². The maximum absolute atomic E-state index is 13.3. The maximum Gasteiger partial charge on any atom is 0.335 e. The molecule has 0 spiro atoms. The van der Waals surface area contributed by atoms with Crippen LogP contribution in [0.15, 0.2) is 30.9 Å². The van der Waals surface area contributed by atoms with Gasteiger partial charge < -0.3 is 15.7 Å². The zero-order chi connectivity index (χ0) is 13.5. The Bertz CT molecular complexity index is 474. The molecule has 6 heteroatoms. The highest BCUT2D eigenvalue weighted by molar-refractivity contribution is 5.93. The fourth-order valence-electron chi connectivity index (χ4n) is 1.21. The third kappa shape index (κ3) is 3.89. The molecule has 0 saturated heterocycles. The van der Waals surface area contributed by atoms with Crippen LogP contribution in [0.1, 0.15) is 16.8 Å². The molecular formula is C12H13FN2O3. The number of hydrogen-bond donors (Lipinski definition) is 3. The molecule has 0 atom stereocenters. The standard InChI is InChI=1S/C12H13FN2O3/c1-2-3-6-14-12(18)15-10-7-8(11(16)17)4-5-9(10)13/h2,4-5,7H,1,3,6H2,(H,16,17)(H2,14,15,18). The van der Waals surface area contributed by atoms with Crippen LogP contribution < -0.4 is 10.6 Å². The molecule has 0 aliphatic rings. The molecule has 3 N–H and O–H groups in total. The van der Waals surface area contributed by atoms with Crippen LogP contribution in [0.4, 0.5) is 14.9 Å². The number of anilines is 1. The number of carboxylic acid groups (broad SMARTS) is 1. The fraction of sp³-hybridized carbons (Fsp3) is 0.167. The van der Waals surface area contributed by atoms with E-state index in [1.807, 2.05) is 0 Å². The van der Waals surface area contributed by atoms with Gasteiger partial charge in [0.25, 0.3) is 0 Å². The molecular weight excluding hydrogens is 239 g/mol. The number of aromatic carboxylic acids is 1. The Morgan fingerprint density at radius 2 is 2.17 bits per heavy atom. The van der Waals surface area contributed by atoms with Crippen molar-refractivity contribution in [1.29, 1.82) is 0 Å². The second-order valence-corrected chi connectivity index (χ2v) is 3.46. The molecule has 1 aromatic rings. The lowest BCUT2D eigenvalue weighted by molar-refractivity contribution is 0.0697. The lowest BCUT2D eigenvalue weighted by Gasteiger charge is -2.08. The van der Waals surface area contributed by atoms with Crippen molar-refractivity contribution in [3.05, 3.63) is 42.2 Å². The second kappa shape index (κ2) is 6.39. The molecule has 0 aliphatic carbocycles. The van der Waals surface area contributed by atoms with Crippen LogP contribution in [-0.2, 0) is 0 Å². The number of amides is 2. The predicted octanol–water partition coefficient (Wildman–Crippen LogP) is 2.22. The van der Waals surface area contributed by atoms with Crippen LogP contribution >= 0.6 is 0 Å². The van der Waals surface area contributed by atoms with Crippen LogP contribution in [0.2, 0.25) is 0 Å². The first kappa shape index (κ1) is 13.7. The highest BCUT2D eigenvalue weighted by atomic mass is 19.1. The Hall–Kier alpha value is -2.37. The number of carboxylic acids is 1. The quantitative estimate of drug-likeness (QED) is 0.555. The third-order valence-corrected chi connectivity index (χ3v) is 2.10. The molecule has 18 heavy (non-hydrogen) atoms. The van der Waals surface area contributed by atoms with E-state index in [-0.39, 0.29) is 11.3 Å². The zero-order valence-corrected chi connectivity index (χ0v) is 9.57. The SMILES string of the molecule is C=CCCNC(=O)Nc1cc(C(=O)O)ccc1F. The van der Waals surface area contributed by atoms with Gasteiger partial charge in [0.15, 0.2) is 0 Å². The van der Waals surface area contributed by atoms with Crippen LogP contribution in [0.5, 0.6) is 0 Å². The Labute approximate surface area is 103 Å². The van der Waals surface area contributed by atoms with E-state index in [0.717, 1.165) is 18.2 Å². The molecule has 0 fully saturated rings. The van der Waals surface area contributed by atoms with E-state index >= 15 is 0 Å². The Balaban J connectivity index is 2.71. The topological polar surface area (TPSA) is 78.4 Å². The first-order valence-corrected chi connectivity index (χ1v) is 5.23. The van der Waals surface area contributed by atoms with E-state index in [1.165, 1.54) is 0 Å². The second-order valence-electron chi connectivity index (χ2n) is 3.46. The molecule has 0 bridgehead atoms. The number of nitrogens with one attached hydrogen (secondary N) is 2. The minimum atomic E-state index is -1.19. The molecule has 5 nitrogen and oxygen atoms in total. The molecule has 96 valence electrons. The molecule has 1 aromatic carbocycles. The summed E-state index contributed by atoms with van der Waals surface area (Å²) in [4.78, 5) is 22.0. The fourth-order valence-corrected chi connectivity index (χ4v) is 1.21. The number of carbonyl (C=O) groups is 2. The lowest BCUT2D eigenvalue weighted by Crippen LogP contribution is -2.29. The van der Waals surface area contributed by atoms with Gasteiger partial charge in [0.1, 0.15) is 5.82 Å². The van der Waals surface area contributed by atoms with Gasteiger partial charge in [-0.3, -0.25) is 0 Å². The molecule has 1 rings (SSSR count). The van der Waals surface area contributed by atoms with Crippen LogP contribution in [0.25, 0.3) is 0 Å². The first-order chi connectivity index (χ1) is 8.54. The highest BCUT2D eigenvalue weighted by Crippen LogP contribution is 2.16. The van der Waals surface area contributed by atoms with E-state index in [4.69, 9.17) is 5.11 Å². The Morgan fingerprint density at radius 3 is 2.78 bits per heavy atom. The van der Waals surface area contributed by atoms with Crippen molar-refractivity contribution < 1.29 is 19.1 Å². The summed E-state index contributed by atoms with van der Waals surface area (Å²) in [5.74, 6) is -1.89. The predicted molar refractivity (Wildman–Crippen MR) is 65.2 cm³/mol. The van der Waals surface area contributed by atoms with Crippen molar-refractivity contribution in [2.75, 3.05) is 11.9 Å². The van der Waals surface area contributed by atoms with Gasteiger partial charge in [-0.15, -0.1) is 6.58 Å². The summed E-state index contributed by atoms with van der Waals surface area (Å²) in [5, 5.41) is 13.5. The van der Waals surface area contributed by atoms with Crippen LogP contribution in [0, 0.1) is 5.82 Å². The Kier molecular flexibility index (Phi) is 4.86. The summed E-state index contributed by atoms with van der Waals surface area (Å²) < 4.78 is 13.3. The van der Waals surface area contributed by atoms with E-state index in [2.05, 4.69) is 17.2 Å². The molecule has 2 amide bonds. The minimum Gasteiger partial charge on any atom is -0.478 e. The average molecular weight is 252 g/mol. The van der Waals surface area contributed by atoms with Gasteiger partial charge in [-0.25, -0.2) is 14.0 Å². The molecule has 0 radical (unpaired) electrons. The summed E-state index contributed by atoms with van der Waals surface area (Å²) in [6.45, 7) is 3.86. The van der Waals surface area contributed by atoms with E-state index in [0.29, 0.717) is 13.0 Å². The normalized spacial score (nSPS) is 9.61. The molecule has 0 heterocycles. The van der Waals surface area contributed by atoms with Crippen molar-refractivity contribution in [2.24, 2.45) is 0 Å². The minimum absolute atomic E-state index is 0.0993. The molecule has 0 aliphatic heterocycles. The summed E-state index contributed by atoms with van der Waals surface area (Å²) in [6.07, 6.45) is 2.22. The highest BCUT2D eigenvalue weighted by Gasteiger charge is 2.10. The molecule has 0 aromatic heterocycles. The summed E-state index contributed by atoms with van der Waals surface area (Å²) in [5.41, 5.74) is -0.274. The van der Waals surface area contributed by atoms with Gasteiger partial charge >= 0.3 is 12.0 Å². The van der Waals surface area contributed by atoms with E-state index in [1.54, 1.807) is 6.08 Å². The largest absolute Gasteiger partial charge is 0.478 e. The molecule has 0 saturated carbocycles. The Morgan fingerprint density at radius 1 is 1.44 bits per heavy atom. The van der Waals surface area contributed by atoms with Crippen molar-refractivity contribution in [3.63, 3.8) is 0 Å². The van der Waals surface area contributed by atoms with Gasteiger partial charge in [0, 0.05) is 6.54 Å². The van der Waals surface area contributed by atoms with Crippen molar-refractivity contribution in [3.8, 4) is 0 Å². The number of carbonyl (C=O) groups excluding carboxylic acids is 1. The third-order valence-electron chi connectivity index (χ3n) is 2.10. The van der Waals surface area contributed by atoms with Gasteiger partial charge in [-0.2, -0.15) is 0 Å². The van der Waals surface area contributed by atoms with Gasteiger partial charge in [0.05, 0.1) is 11.3 Å². The lowest BCUT2D eigenvalue weighted by atomic mass is 10.2. The number of rotatable bonds is 5. The van der Waals surface area contributed by atoms with Crippen LogP contribution in [0.3, 0.4) is 0 Å². The van der Waals surface area contributed by atoms with Crippen molar-refractivity contribution in [1.82, 2.24) is 5.32 Å². The number of hydrogen-bond acceptors (Lipinski definition) is 2. The summed E-state index contributed by atoms with van der Waals surface area (Å²) in [7, 11) is 0. The van der Waals surface area contributed by atoms with Crippen molar-refractivity contribution in [2.45, 2.75) is 6.42 Å². The van der Waals surface area contributed by atoms with Crippen molar-refractivity contribution >= 4 is 17.7 Å². The summed E-state index contributed by atoms with van der Waals surface area (Å²) in [6, 6.07) is 2.57. The summed E-state index contributed by atoms with van der Waals surface area (Å²) >= 11 is 0. The molecule has 0 unspecified atom stereocenters. The van der Waals surface area contributed by atoms with Gasteiger partial charge in [-0.1, -0.05) is 6.08 Å². The van der Waals surface area contributed by atoms with E-state index < -0.39 is 17.8 Å². The number of urea groups is 1. The average Bonchev–Trinajstić information content (AvgIpc) is 2.32. The monoisotopic (exact) mass is 252 g/mol. The van der Waals surface area contributed by atoms with Gasteiger partial charge in [0.2, 0.25) is 0 Å². The first-order valence-electron chi connectivity index (χ1n) is 5.23. The number of halogens is 1.